The Morgan fingerprint density at radius 1 is 1.07 bits per heavy atom. The Labute approximate surface area is 171 Å². The average molecular weight is 410 g/mol. The zero-order chi connectivity index (χ0) is 19.4. The van der Waals surface area contributed by atoms with E-state index in [1.165, 1.54) is 0 Å². The summed E-state index contributed by atoms with van der Waals surface area (Å²) in [6.07, 6.45) is 2.73. The minimum atomic E-state index is -0.636. The lowest BCUT2D eigenvalue weighted by Crippen LogP contribution is -2.53. The van der Waals surface area contributed by atoms with Gasteiger partial charge in [-0.2, -0.15) is 0 Å². The van der Waals surface area contributed by atoms with E-state index in [1.807, 2.05) is 30.3 Å². The first-order valence-electron chi connectivity index (χ1n) is 9.56. The molecule has 0 unspecified atom stereocenters. The van der Waals surface area contributed by atoms with Crippen LogP contribution in [0.3, 0.4) is 0 Å². The third kappa shape index (κ3) is 4.83. The highest BCUT2D eigenvalue weighted by atomic mass is 35.5. The molecule has 154 valence electrons. The summed E-state index contributed by atoms with van der Waals surface area (Å²) in [4.78, 5) is 41.1. The number of likely N-dealkylation sites (tertiary alicyclic amines) is 2. The van der Waals surface area contributed by atoms with Gasteiger partial charge in [0.25, 0.3) is 0 Å². The van der Waals surface area contributed by atoms with Crippen LogP contribution < -0.4 is 5.73 Å². The minimum absolute atomic E-state index is 0. The Kier molecular flexibility index (Phi) is 7.83. The molecule has 2 heterocycles. The van der Waals surface area contributed by atoms with Crippen LogP contribution in [-0.2, 0) is 25.7 Å². The maximum atomic E-state index is 13.1. The van der Waals surface area contributed by atoms with Crippen LogP contribution in [0.1, 0.15) is 38.2 Å². The number of amides is 2. The monoisotopic (exact) mass is 409 g/mol. The molecule has 3 atom stereocenters. The van der Waals surface area contributed by atoms with E-state index in [1.54, 1.807) is 16.7 Å². The fraction of sp³-hybridized carbons (Fsp3) is 0.550. The summed E-state index contributed by atoms with van der Waals surface area (Å²) < 4.78 is 5.43. The molecule has 7 nitrogen and oxygen atoms in total. The van der Waals surface area contributed by atoms with Crippen molar-refractivity contribution >= 4 is 30.2 Å². The molecule has 2 N–H and O–H groups in total. The second-order valence-electron chi connectivity index (χ2n) is 7.26. The number of rotatable bonds is 5. The van der Waals surface area contributed by atoms with Gasteiger partial charge in [0.05, 0.1) is 6.04 Å². The number of nitrogens with two attached hydrogens (primary N) is 1. The van der Waals surface area contributed by atoms with E-state index < -0.39 is 18.1 Å². The van der Waals surface area contributed by atoms with Crippen molar-refractivity contribution in [3.05, 3.63) is 35.9 Å². The van der Waals surface area contributed by atoms with Crippen LogP contribution in [-0.4, -0.2) is 58.8 Å². The van der Waals surface area contributed by atoms with Crippen molar-refractivity contribution in [2.45, 2.75) is 57.3 Å². The van der Waals surface area contributed by atoms with E-state index in [0.29, 0.717) is 25.9 Å². The van der Waals surface area contributed by atoms with E-state index in [4.69, 9.17) is 10.5 Å². The second-order valence-corrected chi connectivity index (χ2v) is 7.26. The van der Waals surface area contributed by atoms with Crippen LogP contribution in [0.2, 0.25) is 0 Å². The molecule has 2 saturated heterocycles. The average Bonchev–Trinajstić information content (AvgIpc) is 3.35. The highest BCUT2D eigenvalue weighted by molar-refractivity contribution is 5.92. The Morgan fingerprint density at radius 3 is 2.32 bits per heavy atom. The van der Waals surface area contributed by atoms with Crippen LogP contribution in [0.15, 0.2) is 30.3 Å². The van der Waals surface area contributed by atoms with Crippen LogP contribution in [0.25, 0.3) is 0 Å². The zero-order valence-electron chi connectivity index (χ0n) is 16.1. The lowest BCUT2D eigenvalue weighted by Gasteiger charge is -2.31. The van der Waals surface area contributed by atoms with Crippen molar-refractivity contribution in [3.63, 3.8) is 0 Å². The number of carbonyl (C=O) groups is 3. The van der Waals surface area contributed by atoms with Gasteiger partial charge in [-0.25, -0.2) is 4.79 Å². The summed E-state index contributed by atoms with van der Waals surface area (Å²) in [6.45, 7) is 2.87. The summed E-state index contributed by atoms with van der Waals surface area (Å²) >= 11 is 0. The molecule has 2 fully saturated rings. The van der Waals surface area contributed by atoms with Crippen molar-refractivity contribution in [2.24, 2.45) is 5.73 Å². The standard InChI is InChI=1S/C20H27N3O4.ClH/c1-14(21)18(24)22-11-5-9-16(22)19(25)23-12-6-10-17(23)20(26)27-13-15-7-3-2-4-8-15;/h2-4,7-8,14,16-17H,5-6,9-13,21H2,1H3;1H/t14-,16-,17-;/m0./s1. The van der Waals surface area contributed by atoms with E-state index in [0.717, 1.165) is 18.4 Å². The van der Waals surface area contributed by atoms with Gasteiger partial charge in [-0.3, -0.25) is 9.59 Å². The Hall–Kier alpha value is -2.12. The first-order valence-corrected chi connectivity index (χ1v) is 9.56. The van der Waals surface area contributed by atoms with Gasteiger partial charge in [-0.05, 0) is 38.2 Å². The van der Waals surface area contributed by atoms with Crippen molar-refractivity contribution < 1.29 is 19.1 Å². The predicted molar refractivity (Wildman–Crippen MR) is 107 cm³/mol. The first-order chi connectivity index (χ1) is 13.0. The maximum absolute atomic E-state index is 13.1. The quantitative estimate of drug-likeness (QED) is 0.743. The largest absolute Gasteiger partial charge is 0.459 e. The maximum Gasteiger partial charge on any atom is 0.329 e. The van der Waals surface area contributed by atoms with Gasteiger partial charge in [-0.15, -0.1) is 12.4 Å². The number of nitrogens with zero attached hydrogens (tertiary/aromatic N) is 2. The number of carbonyl (C=O) groups excluding carboxylic acids is 3. The molecule has 0 bridgehead atoms. The van der Waals surface area contributed by atoms with Crippen LogP contribution in [0, 0.1) is 0 Å². The van der Waals surface area contributed by atoms with Crippen molar-refractivity contribution in [1.29, 1.82) is 0 Å². The fourth-order valence-electron chi connectivity index (χ4n) is 3.84. The Morgan fingerprint density at radius 2 is 1.68 bits per heavy atom. The van der Waals surface area contributed by atoms with Gasteiger partial charge in [0.1, 0.15) is 18.7 Å². The number of benzene rings is 1. The minimum Gasteiger partial charge on any atom is -0.459 e. The third-order valence-corrected chi connectivity index (χ3v) is 5.24. The molecule has 1 aromatic rings. The molecule has 3 rings (SSSR count). The molecular formula is C20H28ClN3O4. The summed E-state index contributed by atoms with van der Waals surface area (Å²) in [5.41, 5.74) is 6.62. The second kappa shape index (κ2) is 9.89. The van der Waals surface area contributed by atoms with Crippen LogP contribution in [0.5, 0.6) is 0 Å². The normalized spacial score (nSPS) is 22.5. The zero-order valence-corrected chi connectivity index (χ0v) is 16.9. The van der Waals surface area contributed by atoms with Gasteiger partial charge in [0, 0.05) is 13.1 Å². The van der Waals surface area contributed by atoms with E-state index in [2.05, 4.69) is 0 Å². The number of halogens is 1. The van der Waals surface area contributed by atoms with Gasteiger partial charge in [0.15, 0.2) is 0 Å². The van der Waals surface area contributed by atoms with E-state index in [-0.39, 0.29) is 36.8 Å². The summed E-state index contributed by atoms with van der Waals surface area (Å²) in [7, 11) is 0. The summed E-state index contributed by atoms with van der Waals surface area (Å²) in [5.74, 6) is -0.762. The molecule has 2 aliphatic rings. The Balaban J connectivity index is 0.00000280. The van der Waals surface area contributed by atoms with E-state index in [9.17, 15) is 14.4 Å². The fourth-order valence-corrected chi connectivity index (χ4v) is 3.84. The highest BCUT2D eigenvalue weighted by Gasteiger charge is 2.42. The number of ether oxygens (including phenoxy) is 1. The molecule has 1 aromatic carbocycles. The molecule has 28 heavy (non-hydrogen) atoms. The third-order valence-electron chi connectivity index (χ3n) is 5.24. The van der Waals surface area contributed by atoms with E-state index >= 15 is 0 Å². The van der Waals surface area contributed by atoms with Crippen molar-refractivity contribution in [2.75, 3.05) is 13.1 Å². The molecule has 0 aromatic heterocycles. The molecule has 0 spiro atoms. The topological polar surface area (TPSA) is 92.9 Å². The van der Waals surface area contributed by atoms with Crippen molar-refractivity contribution in [1.82, 2.24) is 9.80 Å². The van der Waals surface area contributed by atoms with Crippen molar-refractivity contribution in [3.8, 4) is 0 Å². The SMILES string of the molecule is C[C@H](N)C(=O)N1CCC[C@H]1C(=O)N1CCC[C@H]1C(=O)OCc1ccccc1.Cl. The molecule has 0 saturated carbocycles. The molecule has 8 heteroatoms. The predicted octanol–water partition coefficient (Wildman–Crippen LogP) is 1.48. The molecular weight excluding hydrogens is 382 g/mol. The highest BCUT2D eigenvalue weighted by Crippen LogP contribution is 2.26. The van der Waals surface area contributed by atoms with Gasteiger partial charge in [-0.1, -0.05) is 30.3 Å². The van der Waals surface area contributed by atoms with Crippen LogP contribution >= 0.6 is 12.4 Å². The van der Waals surface area contributed by atoms with Crippen LogP contribution in [0.4, 0.5) is 0 Å². The number of esters is 1. The molecule has 0 aliphatic carbocycles. The lowest BCUT2D eigenvalue weighted by atomic mass is 10.1. The van der Waals surface area contributed by atoms with Gasteiger partial charge >= 0.3 is 5.97 Å². The van der Waals surface area contributed by atoms with Gasteiger partial charge in [0.2, 0.25) is 11.8 Å². The first kappa shape index (κ1) is 22.2. The molecule has 2 aliphatic heterocycles. The summed E-state index contributed by atoms with van der Waals surface area (Å²) in [6, 6.07) is 7.72. The van der Waals surface area contributed by atoms with Gasteiger partial charge < -0.3 is 20.3 Å². The Bertz CT molecular complexity index is 698. The lowest BCUT2D eigenvalue weighted by molar-refractivity contribution is -0.156. The number of hydrogen-bond donors (Lipinski definition) is 1. The molecule has 2 amide bonds. The molecule has 0 radical (unpaired) electrons. The number of hydrogen-bond acceptors (Lipinski definition) is 5. The summed E-state index contributed by atoms with van der Waals surface area (Å²) in [5, 5.41) is 0. The smallest absolute Gasteiger partial charge is 0.329 e.